The van der Waals surface area contributed by atoms with Gasteiger partial charge in [0.1, 0.15) is 11.3 Å². The highest BCUT2D eigenvalue weighted by atomic mass is 35.5. The molecule has 0 radical (unpaired) electrons. The molecule has 0 atom stereocenters. The Balaban J connectivity index is 2.06. The summed E-state index contributed by atoms with van der Waals surface area (Å²) in [7, 11) is 1.64. The number of thioether (sulfide) groups is 1. The number of alkyl halides is 1. The summed E-state index contributed by atoms with van der Waals surface area (Å²) in [6.07, 6.45) is 7.32. The lowest BCUT2D eigenvalue weighted by Gasteiger charge is -2.28. The van der Waals surface area contributed by atoms with Crippen molar-refractivity contribution in [1.29, 1.82) is 0 Å². The van der Waals surface area contributed by atoms with Crippen molar-refractivity contribution in [2.45, 2.75) is 42.9 Å². The number of halogens is 1. The maximum absolute atomic E-state index is 6.10. The highest BCUT2D eigenvalue weighted by molar-refractivity contribution is 8.00. The van der Waals surface area contributed by atoms with E-state index in [4.69, 9.17) is 16.3 Å². The third kappa shape index (κ3) is 2.73. The third-order valence-corrected chi connectivity index (χ3v) is 6.01. The van der Waals surface area contributed by atoms with Crippen LogP contribution in [0.5, 0.6) is 5.88 Å². The van der Waals surface area contributed by atoms with Crippen LogP contribution in [0.25, 0.3) is 11.2 Å². The number of hydrogen-bond acceptors (Lipinski definition) is 4. The van der Waals surface area contributed by atoms with Crippen LogP contribution >= 0.6 is 23.4 Å². The lowest BCUT2D eigenvalue weighted by molar-refractivity contribution is 0.398. The van der Waals surface area contributed by atoms with Gasteiger partial charge in [-0.3, -0.25) is 0 Å². The molecule has 1 aliphatic rings. The number of fused-ring (bicyclic) bond motifs is 1. The van der Waals surface area contributed by atoms with Gasteiger partial charge in [0.15, 0.2) is 5.65 Å². The standard InChI is InChI=1S/C15H20ClN3OS/c1-20-13-6-5-11-14(18-13)19(12(9-16)17-11)10-15(21-2)7-3-4-8-15/h5-6H,3-4,7-10H2,1-2H3. The van der Waals surface area contributed by atoms with Crippen LogP contribution in [0.3, 0.4) is 0 Å². The number of nitrogens with zero attached hydrogens (tertiary/aromatic N) is 3. The van der Waals surface area contributed by atoms with Crippen LogP contribution in [0.2, 0.25) is 0 Å². The molecule has 2 aromatic heterocycles. The first-order valence-corrected chi connectivity index (χ1v) is 8.98. The quantitative estimate of drug-likeness (QED) is 0.783. The zero-order valence-corrected chi connectivity index (χ0v) is 14.0. The van der Waals surface area contributed by atoms with Crippen molar-refractivity contribution < 1.29 is 4.74 Å². The SMILES string of the molecule is COc1ccc2nc(CCl)n(CC3(SC)CCCC3)c2n1. The number of aromatic nitrogens is 3. The first-order chi connectivity index (χ1) is 10.2. The van der Waals surface area contributed by atoms with E-state index >= 15 is 0 Å². The molecule has 3 rings (SSSR count). The predicted molar refractivity (Wildman–Crippen MR) is 88.4 cm³/mol. The van der Waals surface area contributed by atoms with E-state index in [1.54, 1.807) is 7.11 Å². The molecule has 1 fully saturated rings. The van der Waals surface area contributed by atoms with Gasteiger partial charge in [0.05, 0.1) is 13.0 Å². The Morgan fingerprint density at radius 3 is 2.71 bits per heavy atom. The summed E-state index contributed by atoms with van der Waals surface area (Å²) in [6.45, 7) is 0.923. The summed E-state index contributed by atoms with van der Waals surface area (Å²) in [5.74, 6) is 1.92. The minimum Gasteiger partial charge on any atom is -0.481 e. The Bertz CT molecular complexity index is 637. The Hall–Kier alpha value is -0.940. The molecule has 114 valence electrons. The number of ether oxygens (including phenoxy) is 1. The maximum atomic E-state index is 6.10. The second kappa shape index (κ2) is 6.05. The topological polar surface area (TPSA) is 39.9 Å². The minimum absolute atomic E-state index is 0.291. The molecule has 1 aliphatic carbocycles. The average molecular weight is 326 g/mol. The van der Waals surface area contributed by atoms with Crippen molar-refractivity contribution in [1.82, 2.24) is 14.5 Å². The molecule has 2 heterocycles. The Kier molecular flexibility index (Phi) is 4.31. The maximum Gasteiger partial charge on any atom is 0.215 e. The molecule has 6 heteroatoms. The van der Waals surface area contributed by atoms with Crippen molar-refractivity contribution in [3.63, 3.8) is 0 Å². The number of pyridine rings is 1. The Labute approximate surface area is 134 Å². The summed E-state index contributed by atoms with van der Waals surface area (Å²) < 4.78 is 7.73. The largest absolute Gasteiger partial charge is 0.481 e. The van der Waals surface area contributed by atoms with Gasteiger partial charge in [-0.1, -0.05) is 12.8 Å². The molecule has 21 heavy (non-hydrogen) atoms. The summed E-state index contributed by atoms with van der Waals surface area (Å²) in [5, 5.41) is 0. The van der Waals surface area contributed by atoms with E-state index in [9.17, 15) is 0 Å². The van der Waals surface area contributed by atoms with Crippen LogP contribution in [-0.4, -0.2) is 32.6 Å². The van der Waals surface area contributed by atoms with Gasteiger partial charge in [-0.25, -0.2) is 4.98 Å². The van der Waals surface area contributed by atoms with E-state index in [1.807, 2.05) is 23.9 Å². The van der Waals surface area contributed by atoms with Crippen LogP contribution < -0.4 is 4.74 Å². The van der Waals surface area contributed by atoms with E-state index < -0.39 is 0 Å². The molecule has 2 aromatic rings. The van der Waals surface area contributed by atoms with Gasteiger partial charge in [-0.2, -0.15) is 16.7 Å². The molecular formula is C15H20ClN3OS. The fourth-order valence-electron chi connectivity index (χ4n) is 3.15. The molecule has 0 amide bonds. The van der Waals surface area contributed by atoms with Gasteiger partial charge >= 0.3 is 0 Å². The predicted octanol–water partition coefficient (Wildman–Crippen LogP) is 3.85. The second-order valence-corrected chi connectivity index (χ2v) is 7.08. The average Bonchev–Trinajstić information content (AvgIpc) is 3.12. The van der Waals surface area contributed by atoms with Crippen molar-refractivity contribution in [3.05, 3.63) is 18.0 Å². The smallest absolute Gasteiger partial charge is 0.215 e. The van der Waals surface area contributed by atoms with Gasteiger partial charge in [-0.15, -0.1) is 11.6 Å². The summed E-state index contributed by atoms with van der Waals surface area (Å²) in [6, 6.07) is 3.80. The fraction of sp³-hybridized carbons (Fsp3) is 0.600. The van der Waals surface area contributed by atoms with Crippen LogP contribution in [0, 0.1) is 0 Å². The van der Waals surface area contributed by atoms with E-state index in [1.165, 1.54) is 25.7 Å². The van der Waals surface area contributed by atoms with Gasteiger partial charge in [0.2, 0.25) is 5.88 Å². The highest BCUT2D eigenvalue weighted by Gasteiger charge is 2.34. The highest BCUT2D eigenvalue weighted by Crippen LogP contribution is 2.42. The van der Waals surface area contributed by atoms with Crippen LogP contribution in [0.15, 0.2) is 12.1 Å². The molecule has 0 saturated heterocycles. The summed E-state index contributed by atoms with van der Waals surface area (Å²) in [5.41, 5.74) is 1.77. The van der Waals surface area contributed by atoms with Crippen molar-refractivity contribution in [3.8, 4) is 5.88 Å². The monoisotopic (exact) mass is 325 g/mol. The van der Waals surface area contributed by atoms with Gasteiger partial charge in [-0.05, 0) is 25.2 Å². The summed E-state index contributed by atoms with van der Waals surface area (Å²) >= 11 is 8.07. The zero-order chi connectivity index (χ0) is 14.9. The van der Waals surface area contributed by atoms with Gasteiger partial charge in [0.25, 0.3) is 0 Å². The number of methoxy groups -OCH3 is 1. The second-order valence-electron chi connectivity index (χ2n) is 5.54. The van der Waals surface area contributed by atoms with E-state index in [0.29, 0.717) is 16.5 Å². The first-order valence-electron chi connectivity index (χ1n) is 7.22. The lowest BCUT2D eigenvalue weighted by Crippen LogP contribution is -2.27. The lowest BCUT2D eigenvalue weighted by atomic mass is 10.1. The zero-order valence-electron chi connectivity index (χ0n) is 12.4. The molecule has 0 bridgehead atoms. The Morgan fingerprint density at radius 1 is 1.33 bits per heavy atom. The van der Waals surface area contributed by atoms with Gasteiger partial charge < -0.3 is 9.30 Å². The molecule has 4 nitrogen and oxygen atoms in total. The summed E-state index contributed by atoms with van der Waals surface area (Å²) in [4.78, 5) is 9.20. The van der Waals surface area contributed by atoms with Crippen molar-refractivity contribution in [2.75, 3.05) is 13.4 Å². The molecular weight excluding hydrogens is 306 g/mol. The van der Waals surface area contributed by atoms with E-state index in [2.05, 4.69) is 20.8 Å². The molecule has 0 aromatic carbocycles. The minimum atomic E-state index is 0.291. The van der Waals surface area contributed by atoms with Crippen LogP contribution in [0.4, 0.5) is 0 Å². The normalized spacial score (nSPS) is 17.5. The van der Waals surface area contributed by atoms with Crippen LogP contribution in [-0.2, 0) is 12.4 Å². The van der Waals surface area contributed by atoms with Gasteiger partial charge in [0, 0.05) is 17.4 Å². The molecule has 1 saturated carbocycles. The first kappa shape index (κ1) is 15.0. The third-order valence-electron chi connectivity index (χ3n) is 4.37. The van der Waals surface area contributed by atoms with E-state index in [-0.39, 0.29) is 0 Å². The molecule has 0 spiro atoms. The van der Waals surface area contributed by atoms with Crippen LogP contribution in [0.1, 0.15) is 31.5 Å². The molecule has 0 N–H and O–H groups in total. The number of imidazole rings is 1. The molecule has 0 unspecified atom stereocenters. The van der Waals surface area contributed by atoms with Crippen molar-refractivity contribution >= 4 is 34.5 Å². The fourth-order valence-corrected chi connectivity index (χ4v) is 4.31. The number of hydrogen-bond donors (Lipinski definition) is 0. The Morgan fingerprint density at radius 2 is 2.10 bits per heavy atom. The van der Waals surface area contributed by atoms with E-state index in [0.717, 1.165) is 23.5 Å². The van der Waals surface area contributed by atoms with Crippen molar-refractivity contribution in [2.24, 2.45) is 0 Å². The molecule has 0 aliphatic heterocycles. The number of rotatable bonds is 5.